The Morgan fingerprint density at radius 2 is 1.53 bits per heavy atom. The Morgan fingerprint density at radius 3 is 2.20 bits per heavy atom. The average Bonchev–Trinajstić information content (AvgIpc) is 3.18. The SMILES string of the molecule is O=C(O)CCOC(CC(=O)O)c1sccc1CCCCCCCCc1ccccc1. The Kier molecular flexibility index (Phi) is 11.2. The minimum atomic E-state index is -0.945. The molecule has 0 aliphatic rings. The lowest BCUT2D eigenvalue weighted by atomic mass is 10.0. The number of carboxylic acid groups (broad SMARTS) is 2. The van der Waals surface area contributed by atoms with Crippen LogP contribution in [0, 0.1) is 0 Å². The van der Waals surface area contributed by atoms with Crippen molar-refractivity contribution < 1.29 is 24.5 Å². The molecule has 0 saturated carbocycles. The molecule has 0 spiro atoms. The van der Waals surface area contributed by atoms with E-state index in [2.05, 4.69) is 30.3 Å². The van der Waals surface area contributed by atoms with Crippen molar-refractivity contribution in [1.82, 2.24) is 0 Å². The molecule has 0 amide bonds. The molecule has 0 saturated heterocycles. The van der Waals surface area contributed by atoms with Crippen molar-refractivity contribution >= 4 is 23.3 Å². The summed E-state index contributed by atoms with van der Waals surface area (Å²) in [5.41, 5.74) is 2.54. The van der Waals surface area contributed by atoms with Crippen LogP contribution < -0.4 is 0 Å². The highest BCUT2D eigenvalue weighted by molar-refractivity contribution is 7.10. The van der Waals surface area contributed by atoms with E-state index in [1.807, 2.05) is 11.4 Å². The van der Waals surface area contributed by atoms with Gasteiger partial charge in [0.2, 0.25) is 0 Å². The quantitative estimate of drug-likeness (QED) is 0.324. The third-order valence-electron chi connectivity index (χ3n) is 5.07. The molecule has 6 heteroatoms. The normalized spacial score (nSPS) is 12.0. The van der Waals surface area contributed by atoms with E-state index < -0.39 is 18.0 Å². The summed E-state index contributed by atoms with van der Waals surface area (Å²) in [7, 11) is 0. The first-order chi connectivity index (χ1) is 14.6. The standard InChI is InChI=1S/C24H32O5S/c25-22(26)14-16-29-21(18-23(27)28)24-20(15-17-30-24)13-9-4-2-1-3-6-10-19-11-7-5-8-12-19/h5,7-8,11-12,15,17,21H,1-4,6,9-10,13-14,16,18H2,(H,25,26)(H,27,28). The van der Waals surface area contributed by atoms with Crippen LogP contribution in [0.1, 0.15) is 73.5 Å². The molecule has 0 aliphatic carbocycles. The number of ether oxygens (including phenoxy) is 1. The van der Waals surface area contributed by atoms with Gasteiger partial charge in [0.15, 0.2) is 0 Å². The van der Waals surface area contributed by atoms with Crippen molar-refractivity contribution in [1.29, 1.82) is 0 Å². The van der Waals surface area contributed by atoms with Crippen LogP contribution in [0.5, 0.6) is 0 Å². The molecule has 0 radical (unpaired) electrons. The second-order valence-corrected chi connectivity index (χ2v) is 8.47. The molecule has 1 unspecified atom stereocenters. The number of carboxylic acids is 2. The Bertz CT molecular complexity index is 756. The average molecular weight is 433 g/mol. The molecule has 0 aliphatic heterocycles. The van der Waals surface area contributed by atoms with Gasteiger partial charge in [0, 0.05) is 4.88 Å². The van der Waals surface area contributed by atoms with Crippen molar-refractivity contribution in [2.24, 2.45) is 0 Å². The van der Waals surface area contributed by atoms with Crippen molar-refractivity contribution in [3.63, 3.8) is 0 Å². The van der Waals surface area contributed by atoms with Gasteiger partial charge in [-0.25, -0.2) is 0 Å². The Labute approximate surface area is 182 Å². The summed E-state index contributed by atoms with van der Waals surface area (Å²) >= 11 is 1.50. The van der Waals surface area contributed by atoms with E-state index in [9.17, 15) is 14.7 Å². The largest absolute Gasteiger partial charge is 0.481 e. The number of carbonyl (C=O) groups is 2. The van der Waals surface area contributed by atoms with Gasteiger partial charge in [-0.15, -0.1) is 11.3 Å². The topological polar surface area (TPSA) is 83.8 Å². The summed E-state index contributed by atoms with van der Waals surface area (Å²) in [6, 6.07) is 12.6. The Hall–Kier alpha value is -2.18. The summed E-state index contributed by atoms with van der Waals surface area (Å²) in [5, 5.41) is 19.9. The lowest BCUT2D eigenvalue weighted by Gasteiger charge is -2.16. The monoisotopic (exact) mass is 432 g/mol. The van der Waals surface area contributed by atoms with Crippen LogP contribution in [0.25, 0.3) is 0 Å². The van der Waals surface area contributed by atoms with Crippen LogP contribution >= 0.6 is 11.3 Å². The van der Waals surface area contributed by atoms with Gasteiger partial charge in [0.1, 0.15) is 6.10 Å². The number of rotatable bonds is 16. The van der Waals surface area contributed by atoms with Crippen LogP contribution in [0.2, 0.25) is 0 Å². The zero-order chi connectivity index (χ0) is 21.6. The molecule has 164 valence electrons. The fourth-order valence-electron chi connectivity index (χ4n) is 3.51. The summed E-state index contributed by atoms with van der Waals surface area (Å²) < 4.78 is 5.61. The van der Waals surface area contributed by atoms with E-state index in [1.54, 1.807) is 0 Å². The molecule has 0 bridgehead atoms. The number of benzene rings is 1. The molecular formula is C24H32O5S. The smallest absolute Gasteiger partial charge is 0.306 e. The minimum Gasteiger partial charge on any atom is -0.481 e. The first kappa shape index (κ1) is 24.1. The number of thiophene rings is 1. The maximum atomic E-state index is 11.2. The molecular weight excluding hydrogens is 400 g/mol. The van der Waals surface area contributed by atoms with E-state index in [-0.39, 0.29) is 19.4 Å². The zero-order valence-corrected chi connectivity index (χ0v) is 18.2. The molecule has 2 aromatic rings. The maximum absolute atomic E-state index is 11.2. The second-order valence-electron chi connectivity index (χ2n) is 7.52. The van der Waals surface area contributed by atoms with Crippen molar-refractivity contribution in [3.8, 4) is 0 Å². The van der Waals surface area contributed by atoms with Gasteiger partial charge < -0.3 is 14.9 Å². The Morgan fingerprint density at radius 1 is 0.867 bits per heavy atom. The van der Waals surface area contributed by atoms with Gasteiger partial charge in [-0.1, -0.05) is 56.0 Å². The first-order valence-corrected chi connectivity index (χ1v) is 11.6. The van der Waals surface area contributed by atoms with Gasteiger partial charge in [0.25, 0.3) is 0 Å². The number of aryl methyl sites for hydroxylation is 2. The number of unbranched alkanes of at least 4 members (excludes halogenated alkanes) is 5. The fraction of sp³-hybridized carbons (Fsp3) is 0.500. The number of aliphatic carboxylic acids is 2. The highest BCUT2D eigenvalue weighted by Gasteiger charge is 2.21. The van der Waals surface area contributed by atoms with Gasteiger partial charge in [-0.2, -0.15) is 0 Å². The predicted octanol–water partition coefficient (Wildman–Crippen LogP) is 5.88. The van der Waals surface area contributed by atoms with E-state index in [0.717, 1.165) is 36.1 Å². The van der Waals surface area contributed by atoms with Crippen LogP contribution in [0.15, 0.2) is 41.8 Å². The van der Waals surface area contributed by atoms with Crippen molar-refractivity contribution in [2.75, 3.05) is 6.61 Å². The van der Waals surface area contributed by atoms with E-state index in [1.165, 1.54) is 42.6 Å². The zero-order valence-electron chi connectivity index (χ0n) is 17.4. The second kappa shape index (κ2) is 13.9. The molecule has 1 atom stereocenters. The van der Waals surface area contributed by atoms with Crippen molar-refractivity contribution in [3.05, 3.63) is 57.8 Å². The number of hydrogen-bond acceptors (Lipinski definition) is 4. The summed E-state index contributed by atoms with van der Waals surface area (Å²) in [6.45, 7) is 0.0214. The fourth-order valence-corrected chi connectivity index (χ4v) is 4.51. The summed E-state index contributed by atoms with van der Waals surface area (Å²) in [6.07, 6.45) is 8.35. The highest BCUT2D eigenvalue weighted by Crippen LogP contribution is 2.31. The number of hydrogen-bond donors (Lipinski definition) is 2. The summed E-state index contributed by atoms with van der Waals surface area (Å²) in [4.78, 5) is 22.8. The third kappa shape index (κ3) is 9.55. The predicted molar refractivity (Wildman–Crippen MR) is 119 cm³/mol. The van der Waals surface area contributed by atoms with Crippen LogP contribution in [-0.4, -0.2) is 28.8 Å². The summed E-state index contributed by atoms with van der Waals surface area (Å²) in [5.74, 6) is -1.88. The van der Waals surface area contributed by atoms with Gasteiger partial charge >= 0.3 is 11.9 Å². The van der Waals surface area contributed by atoms with E-state index >= 15 is 0 Å². The molecule has 30 heavy (non-hydrogen) atoms. The third-order valence-corrected chi connectivity index (χ3v) is 6.12. The first-order valence-electron chi connectivity index (χ1n) is 10.7. The lowest BCUT2D eigenvalue weighted by Crippen LogP contribution is -2.13. The molecule has 2 rings (SSSR count). The highest BCUT2D eigenvalue weighted by atomic mass is 32.1. The van der Waals surface area contributed by atoms with Gasteiger partial charge in [0.05, 0.1) is 19.4 Å². The van der Waals surface area contributed by atoms with Crippen LogP contribution in [-0.2, 0) is 27.2 Å². The van der Waals surface area contributed by atoms with Crippen molar-refractivity contribution in [2.45, 2.75) is 70.3 Å². The van der Waals surface area contributed by atoms with E-state index in [0.29, 0.717) is 0 Å². The lowest BCUT2D eigenvalue weighted by molar-refractivity contribution is -0.141. The molecule has 5 nitrogen and oxygen atoms in total. The minimum absolute atomic E-state index is 0.0214. The molecule has 0 fully saturated rings. The van der Waals surface area contributed by atoms with Crippen LogP contribution in [0.4, 0.5) is 0 Å². The van der Waals surface area contributed by atoms with Gasteiger partial charge in [-0.3, -0.25) is 9.59 Å². The molecule has 2 N–H and O–H groups in total. The van der Waals surface area contributed by atoms with Crippen LogP contribution in [0.3, 0.4) is 0 Å². The molecule has 1 aromatic heterocycles. The molecule has 1 aromatic carbocycles. The molecule has 1 heterocycles. The van der Waals surface area contributed by atoms with E-state index in [4.69, 9.17) is 9.84 Å². The Balaban J connectivity index is 1.68. The van der Waals surface area contributed by atoms with Gasteiger partial charge in [-0.05, 0) is 48.3 Å². The maximum Gasteiger partial charge on any atom is 0.306 e.